The van der Waals surface area contributed by atoms with Crippen molar-refractivity contribution < 1.29 is 0 Å². The lowest BCUT2D eigenvalue weighted by Crippen LogP contribution is -2.11. The van der Waals surface area contributed by atoms with E-state index in [0.717, 1.165) is 18.2 Å². The molecule has 0 aliphatic heterocycles. The molecule has 2 aromatic rings. The number of hydrogen-bond donors (Lipinski definition) is 1. The summed E-state index contributed by atoms with van der Waals surface area (Å²) in [6.07, 6.45) is 7.38. The highest BCUT2D eigenvalue weighted by Gasteiger charge is 2.04. The molecule has 74 valence electrons. The first kappa shape index (κ1) is 8.96. The van der Waals surface area contributed by atoms with Crippen LogP contribution in [0.4, 0.5) is 0 Å². The van der Waals surface area contributed by atoms with Crippen molar-refractivity contribution in [1.29, 1.82) is 0 Å². The van der Waals surface area contributed by atoms with Crippen LogP contribution in [0.3, 0.4) is 0 Å². The van der Waals surface area contributed by atoms with Crippen LogP contribution >= 0.6 is 0 Å². The van der Waals surface area contributed by atoms with Gasteiger partial charge in [0, 0.05) is 31.8 Å². The summed E-state index contributed by atoms with van der Waals surface area (Å²) in [4.78, 5) is 8.39. The Labute approximate surface area is 82.2 Å². The van der Waals surface area contributed by atoms with Gasteiger partial charge in [-0.2, -0.15) is 0 Å². The number of nitrogens with two attached hydrogens (primary N) is 1. The summed E-state index contributed by atoms with van der Waals surface area (Å²) in [5.41, 5.74) is 5.55. The van der Waals surface area contributed by atoms with Crippen molar-refractivity contribution in [3.8, 4) is 0 Å². The van der Waals surface area contributed by atoms with E-state index in [1.165, 1.54) is 0 Å². The predicted molar refractivity (Wildman–Crippen MR) is 52.4 cm³/mol. The lowest BCUT2D eigenvalue weighted by molar-refractivity contribution is 0.663. The molecule has 0 aliphatic carbocycles. The summed E-state index contributed by atoms with van der Waals surface area (Å²) in [5.74, 6) is 1.88. The van der Waals surface area contributed by atoms with E-state index >= 15 is 0 Å². The monoisotopic (exact) mass is 191 g/mol. The summed E-state index contributed by atoms with van der Waals surface area (Å²) in [6.45, 7) is 1.17. The van der Waals surface area contributed by atoms with Gasteiger partial charge >= 0.3 is 0 Å². The third-order valence-electron chi connectivity index (χ3n) is 2.22. The van der Waals surface area contributed by atoms with E-state index in [0.29, 0.717) is 6.54 Å². The quantitative estimate of drug-likeness (QED) is 0.749. The van der Waals surface area contributed by atoms with Gasteiger partial charge < -0.3 is 14.9 Å². The molecule has 0 saturated carbocycles. The van der Waals surface area contributed by atoms with Gasteiger partial charge in [-0.1, -0.05) is 0 Å². The largest absolute Gasteiger partial charge is 0.337 e. The van der Waals surface area contributed by atoms with Gasteiger partial charge in [-0.25, -0.2) is 9.97 Å². The first-order valence-electron chi connectivity index (χ1n) is 4.47. The zero-order valence-electron chi connectivity index (χ0n) is 8.09. The average Bonchev–Trinajstić information content (AvgIpc) is 2.77. The Balaban J connectivity index is 2.22. The minimum absolute atomic E-state index is 0.456. The van der Waals surface area contributed by atoms with Crippen LogP contribution in [0.2, 0.25) is 0 Å². The predicted octanol–water partition coefficient (Wildman–Crippen LogP) is 0.124. The van der Waals surface area contributed by atoms with E-state index in [1.807, 2.05) is 28.6 Å². The van der Waals surface area contributed by atoms with Crippen LogP contribution in [0, 0.1) is 0 Å². The van der Waals surface area contributed by atoms with Crippen LogP contribution in [-0.2, 0) is 20.1 Å². The van der Waals surface area contributed by atoms with E-state index in [9.17, 15) is 0 Å². The molecule has 0 radical (unpaired) electrons. The first-order valence-corrected chi connectivity index (χ1v) is 4.47. The van der Waals surface area contributed by atoms with Gasteiger partial charge in [-0.3, -0.25) is 0 Å². The molecule has 2 N–H and O–H groups in total. The maximum absolute atomic E-state index is 5.55. The Hall–Kier alpha value is -1.62. The van der Waals surface area contributed by atoms with Crippen LogP contribution in [0.5, 0.6) is 0 Å². The molecule has 5 heteroatoms. The number of aromatic nitrogens is 4. The molecule has 0 aliphatic rings. The number of aryl methyl sites for hydroxylation is 1. The number of rotatable bonds is 3. The van der Waals surface area contributed by atoms with E-state index in [2.05, 4.69) is 9.97 Å². The van der Waals surface area contributed by atoms with E-state index in [-0.39, 0.29) is 0 Å². The lowest BCUT2D eigenvalue weighted by atomic mass is 10.5. The lowest BCUT2D eigenvalue weighted by Gasteiger charge is -2.05. The Kier molecular flexibility index (Phi) is 2.32. The fourth-order valence-corrected chi connectivity index (χ4v) is 1.38. The molecular weight excluding hydrogens is 178 g/mol. The van der Waals surface area contributed by atoms with Crippen molar-refractivity contribution in [2.45, 2.75) is 13.1 Å². The second kappa shape index (κ2) is 3.63. The summed E-state index contributed by atoms with van der Waals surface area (Å²) in [5, 5.41) is 0. The van der Waals surface area contributed by atoms with Gasteiger partial charge in [-0.15, -0.1) is 0 Å². The zero-order chi connectivity index (χ0) is 9.97. The Morgan fingerprint density at radius 3 is 2.57 bits per heavy atom. The summed E-state index contributed by atoms with van der Waals surface area (Å²) >= 11 is 0. The van der Waals surface area contributed by atoms with E-state index in [1.54, 1.807) is 12.4 Å². The molecule has 0 unspecified atom stereocenters. The maximum atomic E-state index is 5.55. The molecule has 0 spiro atoms. The normalized spacial score (nSPS) is 10.7. The minimum Gasteiger partial charge on any atom is -0.337 e. The van der Waals surface area contributed by atoms with Gasteiger partial charge in [0.15, 0.2) is 0 Å². The van der Waals surface area contributed by atoms with Gasteiger partial charge in [0.2, 0.25) is 0 Å². The third-order valence-corrected chi connectivity index (χ3v) is 2.22. The molecular formula is C9H13N5. The highest BCUT2D eigenvalue weighted by molar-refractivity contribution is 4.98. The molecule has 14 heavy (non-hydrogen) atoms. The molecule has 2 aromatic heterocycles. The second-order valence-electron chi connectivity index (χ2n) is 3.13. The Morgan fingerprint density at radius 2 is 1.93 bits per heavy atom. The summed E-state index contributed by atoms with van der Waals surface area (Å²) in [6, 6.07) is 0. The van der Waals surface area contributed by atoms with E-state index in [4.69, 9.17) is 5.73 Å². The Morgan fingerprint density at radius 1 is 1.21 bits per heavy atom. The standard InChI is InChI=1S/C9H13N5/c1-13-4-2-12-9(13)7-14-5-3-11-8(14)6-10/h2-5H,6-7,10H2,1H3. The SMILES string of the molecule is Cn1ccnc1Cn1ccnc1CN. The molecule has 0 amide bonds. The van der Waals surface area contributed by atoms with E-state index < -0.39 is 0 Å². The van der Waals surface area contributed by atoms with Crippen molar-refractivity contribution >= 4 is 0 Å². The third kappa shape index (κ3) is 1.54. The number of nitrogens with zero attached hydrogens (tertiary/aromatic N) is 4. The van der Waals surface area contributed by atoms with Gasteiger partial charge in [0.1, 0.15) is 11.6 Å². The smallest absolute Gasteiger partial charge is 0.128 e. The van der Waals surface area contributed by atoms with Gasteiger partial charge in [-0.05, 0) is 0 Å². The average molecular weight is 191 g/mol. The van der Waals surface area contributed by atoms with Crippen LogP contribution in [0.25, 0.3) is 0 Å². The highest BCUT2D eigenvalue weighted by Crippen LogP contribution is 2.02. The fourth-order valence-electron chi connectivity index (χ4n) is 1.38. The highest BCUT2D eigenvalue weighted by atomic mass is 15.1. The van der Waals surface area contributed by atoms with Crippen molar-refractivity contribution in [2.75, 3.05) is 0 Å². The minimum atomic E-state index is 0.456. The molecule has 5 nitrogen and oxygen atoms in total. The van der Waals surface area contributed by atoms with Crippen molar-refractivity contribution in [2.24, 2.45) is 12.8 Å². The van der Waals surface area contributed by atoms with Crippen molar-refractivity contribution in [3.63, 3.8) is 0 Å². The molecule has 0 aromatic carbocycles. The van der Waals surface area contributed by atoms with Crippen molar-refractivity contribution in [3.05, 3.63) is 36.4 Å². The molecule has 0 bridgehead atoms. The Bertz CT molecular complexity index is 414. The van der Waals surface area contributed by atoms with Crippen LogP contribution in [0.15, 0.2) is 24.8 Å². The molecule has 2 heterocycles. The number of imidazole rings is 2. The van der Waals surface area contributed by atoms with Crippen LogP contribution in [-0.4, -0.2) is 19.1 Å². The fraction of sp³-hybridized carbons (Fsp3) is 0.333. The molecule has 2 rings (SSSR count). The molecule has 0 atom stereocenters. The summed E-state index contributed by atoms with van der Waals surface area (Å²) < 4.78 is 3.99. The topological polar surface area (TPSA) is 61.7 Å². The summed E-state index contributed by atoms with van der Waals surface area (Å²) in [7, 11) is 1.97. The van der Waals surface area contributed by atoms with Crippen LogP contribution < -0.4 is 5.73 Å². The zero-order valence-corrected chi connectivity index (χ0v) is 8.09. The van der Waals surface area contributed by atoms with Crippen molar-refractivity contribution in [1.82, 2.24) is 19.1 Å². The number of hydrogen-bond acceptors (Lipinski definition) is 3. The molecule has 0 fully saturated rings. The first-order chi connectivity index (χ1) is 6.81. The maximum Gasteiger partial charge on any atom is 0.128 e. The second-order valence-corrected chi connectivity index (χ2v) is 3.13. The van der Waals surface area contributed by atoms with Gasteiger partial charge in [0.05, 0.1) is 13.1 Å². The van der Waals surface area contributed by atoms with Gasteiger partial charge in [0.25, 0.3) is 0 Å². The van der Waals surface area contributed by atoms with Crippen LogP contribution in [0.1, 0.15) is 11.6 Å². The molecule has 0 saturated heterocycles.